The number of aryl methyl sites for hydroxylation is 3. The highest BCUT2D eigenvalue weighted by atomic mass is 16.2. The average molecular weight is 383 g/mol. The van der Waals surface area contributed by atoms with E-state index in [0.717, 1.165) is 42.3 Å². The van der Waals surface area contributed by atoms with E-state index in [1.165, 1.54) is 0 Å². The fraction of sp³-hybridized carbons (Fsp3) is 0.450. The minimum absolute atomic E-state index is 0.0535. The SMILES string of the molecule is CNC(=O)CCCCCCn1c2nc(=O)[nH]c(=O)c-2nc2cc(C)c(C)cc21. The van der Waals surface area contributed by atoms with E-state index >= 15 is 0 Å². The Morgan fingerprint density at radius 1 is 1.07 bits per heavy atom. The molecule has 0 atom stereocenters. The van der Waals surface area contributed by atoms with Crippen molar-refractivity contribution in [2.45, 2.75) is 52.5 Å². The molecule has 0 aromatic heterocycles. The quantitative estimate of drug-likeness (QED) is 0.478. The second-order valence-electron chi connectivity index (χ2n) is 7.07. The summed E-state index contributed by atoms with van der Waals surface area (Å²) in [5.41, 5.74) is 2.76. The number of fused-ring (bicyclic) bond motifs is 2. The average Bonchev–Trinajstić information content (AvgIpc) is 2.65. The highest BCUT2D eigenvalue weighted by molar-refractivity contribution is 5.81. The first-order valence-electron chi connectivity index (χ1n) is 9.53. The second-order valence-corrected chi connectivity index (χ2v) is 7.07. The number of nitrogens with zero attached hydrogens (tertiary/aromatic N) is 3. The molecule has 0 saturated heterocycles. The maximum absolute atomic E-state index is 12.2. The number of H-pyrrole nitrogens is 1. The summed E-state index contributed by atoms with van der Waals surface area (Å²) < 4.78 is 1.92. The molecule has 28 heavy (non-hydrogen) atoms. The van der Waals surface area contributed by atoms with Crippen LogP contribution in [-0.2, 0) is 11.3 Å². The Hall–Kier alpha value is -3.03. The summed E-state index contributed by atoms with van der Waals surface area (Å²) in [6, 6.07) is 3.98. The number of rotatable bonds is 7. The van der Waals surface area contributed by atoms with Gasteiger partial charge < -0.3 is 9.88 Å². The summed E-state index contributed by atoms with van der Waals surface area (Å²) in [7, 11) is 1.64. The molecular formula is C20H25N5O3. The smallest absolute Gasteiger partial charge is 0.349 e. The van der Waals surface area contributed by atoms with Gasteiger partial charge in [0.15, 0.2) is 11.5 Å². The third kappa shape index (κ3) is 4.11. The molecule has 0 bridgehead atoms. The van der Waals surface area contributed by atoms with Crippen LogP contribution in [0.1, 0.15) is 43.2 Å². The largest absolute Gasteiger partial charge is 0.359 e. The van der Waals surface area contributed by atoms with Crippen molar-refractivity contribution in [2.24, 2.45) is 0 Å². The normalized spacial score (nSPS) is 11.2. The Morgan fingerprint density at radius 3 is 2.54 bits per heavy atom. The van der Waals surface area contributed by atoms with Gasteiger partial charge in [0.1, 0.15) is 0 Å². The predicted octanol–water partition coefficient (Wildman–Crippen LogP) is 1.90. The maximum atomic E-state index is 12.2. The van der Waals surface area contributed by atoms with Crippen LogP contribution in [-0.4, -0.2) is 32.5 Å². The molecular weight excluding hydrogens is 358 g/mol. The van der Waals surface area contributed by atoms with Crippen LogP contribution >= 0.6 is 0 Å². The molecule has 1 aromatic carbocycles. The number of aromatic nitrogens is 4. The van der Waals surface area contributed by atoms with Gasteiger partial charge in [-0.15, -0.1) is 0 Å². The summed E-state index contributed by atoms with van der Waals surface area (Å²) >= 11 is 0. The summed E-state index contributed by atoms with van der Waals surface area (Å²) in [6.07, 6.45) is 4.09. The molecule has 148 valence electrons. The molecule has 3 rings (SSSR count). The minimum atomic E-state index is -0.665. The summed E-state index contributed by atoms with van der Waals surface area (Å²) in [5.74, 6) is 0.368. The monoisotopic (exact) mass is 383 g/mol. The van der Waals surface area contributed by atoms with E-state index in [-0.39, 0.29) is 11.6 Å². The number of amides is 1. The number of aromatic amines is 1. The Labute approximate surface area is 162 Å². The molecule has 2 aliphatic rings. The van der Waals surface area contributed by atoms with E-state index in [1.807, 2.05) is 30.5 Å². The fourth-order valence-electron chi connectivity index (χ4n) is 3.31. The standard InChI is InChI=1S/C20H25N5O3/c1-12-10-14-15(11-13(12)2)25(9-7-5-4-6-8-16(26)21-3)18-17(22-14)19(27)24-20(28)23-18/h10-11H,4-9H2,1-3H3,(H,21,26)(H,24,27,28). The van der Waals surface area contributed by atoms with Gasteiger partial charge in [-0.2, -0.15) is 4.98 Å². The number of carbonyl (C=O) groups is 1. The van der Waals surface area contributed by atoms with Gasteiger partial charge in [-0.05, 0) is 49.9 Å². The van der Waals surface area contributed by atoms with E-state index in [0.29, 0.717) is 24.3 Å². The molecule has 1 amide bonds. The van der Waals surface area contributed by atoms with Crippen molar-refractivity contribution in [1.29, 1.82) is 0 Å². The van der Waals surface area contributed by atoms with Gasteiger partial charge in [0.25, 0.3) is 5.56 Å². The molecule has 0 saturated carbocycles. The van der Waals surface area contributed by atoms with Gasteiger partial charge in [-0.3, -0.25) is 14.6 Å². The predicted molar refractivity (Wildman–Crippen MR) is 108 cm³/mol. The first kappa shape index (κ1) is 19.7. The van der Waals surface area contributed by atoms with Crippen LogP contribution in [0.4, 0.5) is 0 Å². The lowest BCUT2D eigenvalue weighted by Gasteiger charge is -2.17. The van der Waals surface area contributed by atoms with Crippen LogP contribution < -0.4 is 16.6 Å². The second kappa shape index (κ2) is 8.33. The Bertz CT molecular complexity index is 1100. The Morgan fingerprint density at radius 2 is 1.79 bits per heavy atom. The molecule has 0 spiro atoms. The van der Waals surface area contributed by atoms with Crippen LogP contribution in [0, 0.1) is 13.8 Å². The van der Waals surface area contributed by atoms with Gasteiger partial charge in [0.2, 0.25) is 5.91 Å². The maximum Gasteiger partial charge on any atom is 0.349 e. The van der Waals surface area contributed by atoms with Crippen molar-refractivity contribution < 1.29 is 4.79 Å². The zero-order valence-corrected chi connectivity index (χ0v) is 16.5. The van der Waals surface area contributed by atoms with Gasteiger partial charge in [0.05, 0.1) is 11.0 Å². The first-order chi connectivity index (χ1) is 13.4. The first-order valence-corrected chi connectivity index (χ1v) is 9.53. The molecule has 1 aromatic rings. The fourth-order valence-corrected chi connectivity index (χ4v) is 3.31. The molecule has 0 fully saturated rings. The van der Waals surface area contributed by atoms with Crippen molar-refractivity contribution in [3.63, 3.8) is 0 Å². The minimum Gasteiger partial charge on any atom is -0.359 e. The summed E-state index contributed by atoms with van der Waals surface area (Å²) in [6.45, 7) is 4.64. The number of benzene rings is 1. The van der Waals surface area contributed by atoms with E-state index in [1.54, 1.807) is 7.05 Å². The lowest BCUT2D eigenvalue weighted by atomic mass is 10.1. The van der Waals surface area contributed by atoms with Crippen molar-refractivity contribution in [3.05, 3.63) is 44.1 Å². The molecule has 0 aliphatic carbocycles. The van der Waals surface area contributed by atoms with Gasteiger partial charge in [-0.25, -0.2) is 9.78 Å². The van der Waals surface area contributed by atoms with E-state index in [4.69, 9.17) is 0 Å². The van der Waals surface area contributed by atoms with Crippen molar-refractivity contribution in [1.82, 2.24) is 24.8 Å². The molecule has 0 radical (unpaired) electrons. The van der Waals surface area contributed by atoms with Crippen LogP contribution in [0.5, 0.6) is 0 Å². The highest BCUT2D eigenvalue weighted by Crippen LogP contribution is 2.24. The summed E-state index contributed by atoms with van der Waals surface area (Å²) in [4.78, 5) is 46.0. The lowest BCUT2D eigenvalue weighted by molar-refractivity contribution is -0.120. The van der Waals surface area contributed by atoms with Crippen molar-refractivity contribution >= 4 is 16.9 Å². The van der Waals surface area contributed by atoms with Gasteiger partial charge in [-0.1, -0.05) is 12.8 Å². The van der Waals surface area contributed by atoms with Crippen molar-refractivity contribution in [2.75, 3.05) is 7.05 Å². The number of hydrogen-bond donors (Lipinski definition) is 2. The van der Waals surface area contributed by atoms with Crippen LogP contribution in [0.2, 0.25) is 0 Å². The van der Waals surface area contributed by atoms with E-state index in [9.17, 15) is 14.4 Å². The van der Waals surface area contributed by atoms with Crippen LogP contribution in [0.3, 0.4) is 0 Å². The van der Waals surface area contributed by atoms with Gasteiger partial charge in [0, 0.05) is 20.0 Å². The third-order valence-corrected chi connectivity index (χ3v) is 5.04. The van der Waals surface area contributed by atoms with Gasteiger partial charge >= 0.3 is 5.69 Å². The zero-order chi connectivity index (χ0) is 20.3. The molecule has 8 heteroatoms. The topological polar surface area (TPSA) is 110 Å². The number of hydrogen-bond acceptors (Lipinski definition) is 5. The molecule has 2 N–H and O–H groups in total. The molecule has 2 aliphatic heterocycles. The third-order valence-electron chi connectivity index (χ3n) is 5.04. The Balaban J connectivity index is 1.92. The van der Waals surface area contributed by atoms with E-state index in [2.05, 4.69) is 20.3 Å². The van der Waals surface area contributed by atoms with E-state index < -0.39 is 11.2 Å². The molecule has 0 unspecified atom stereocenters. The zero-order valence-electron chi connectivity index (χ0n) is 16.5. The molecule has 8 nitrogen and oxygen atoms in total. The van der Waals surface area contributed by atoms with Crippen LogP contribution in [0.15, 0.2) is 21.7 Å². The number of nitrogens with one attached hydrogen (secondary N) is 2. The Kier molecular flexibility index (Phi) is 5.87. The van der Waals surface area contributed by atoms with Crippen molar-refractivity contribution in [3.8, 4) is 11.5 Å². The number of carbonyl (C=O) groups excluding carboxylic acids is 1. The van der Waals surface area contributed by atoms with Crippen LogP contribution in [0.25, 0.3) is 22.6 Å². The molecule has 2 heterocycles. The lowest BCUT2D eigenvalue weighted by Crippen LogP contribution is -2.29. The highest BCUT2D eigenvalue weighted by Gasteiger charge is 2.18. The summed E-state index contributed by atoms with van der Waals surface area (Å²) in [5, 5.41) is 2.62. The number of unbranched alkanes of at least 4 members (excludes halogenated alkanes) is 3.